The summed E-state index contributed by atoms with van der Waals surface area (Å²) in [5, 5.41) is 0. The Morgan fingerprint density at radius 2 is 0.804 bits per heavy atom. The van der Waals surface area contributed by atoms with Crippen molar-refractivity contribution in [2.45, 2.75) is 232 Å². The lowest BCUT2D eigenvalue weighted by molar-refractivity contribution is -0.873. The molecule has 0 aliphatic rings. The van der Waals surface area contributed by atoms with E-state index in [1.807, 2.05) is 21.1 Å². The Balaban J connectivity index is 4.49. The average molecular weight is 745 g/mol. The highest BCUT2D eigenvalue weighted by Crippen LogP contribution is 2.40. The van der Waals surface area contributed by atoms with Gasteiger partial charge in [-0.2, -0.15) is 0 Å². The maximum Gasteiger partial charge on any atom is 0.470 e. The molecule has 0 aromatic heterocycles. The van der Waals surface area contributed by atoms with E-state index >= 15 is 0 Å². The second kappa shape index (κ2) is 33.9. The fraction of sp³-hybridized carbons (Fsp3) is 0.953. The Bertz CT molecular complexity index is 854. The van der Waals surface area contributed by atoms with E-state index in [2.05, 4.69) is 13.8 Å². The van der Waals surface area contributed by atoms with Crippen molar-refractivity contribution in [2.75, 3.05) is 27.7 Å². The van der Waals surface area contributed by atoms with Gasteiger partial charge in [-0.15, -0.1) is 0 Å². The van der Waals surface area contributed by atoms with Crippen molar-refractivity contribution >= 4 is 19.4 Å². The zero-order valence-electron chi connectivity index (χ0n) is 34.6. The third kappa shape index (κ3) is 36.2. The van der Waals surface area contributed by atoms with Crippen LogP contribution in [0.15, 0.2) is 0 Å². The van der Waals surface area contributed by atoms with Gasteiger partial charge < -0.3 is 14.3 Å². The van der Waals surface area contributed by atoms with Gasteiger partial charge in [0, 0.05) is 19.3 Å². The van der Waals surface area contributed by atoms with Crippen molar-refractivity contribution in [3.05, 3.63) is 0 Å². The second-order valence-corrected chi connectivity index (χ2v) is 18.0. The summed E-state index contributed by atoms with van der Waals surface area (Å²) in [6, 6.07) is 0. The minimum atomic E-state index is -4.83. The quantitative estimate of drug-likeness (QED) is 0.0368. The average Bonchev–Trinajstić information content (AvgIpc) is 3.05. The molecule has 0 spiro atoms. The zero-order valence-corrected chi connectivity index (χ0v) is 35.5. The molecule has 0 rings (SSSR count). The van der Waals surface area contributed by atoms with Crippen LogP contribution < -0.4 is 0 Å². The number of hydrogen-bond donors (Lipinski definition) is 2. The number of likely N-dealkylation sites (N-methyl/N-ethyl adjacent to an activating group) is 1. The maximum atomic E-state index is 13.5. The van der Waals surface area contributed by atoms with Crippen molar-refractivity contribution in [1.29, 1.82) is 0 Å². The molecule has 2 N–H and O–H groups in total. The number of carbonyl (C=O) groups excluding carboxylic acids is 2. The molecule has 0 aliphatic heterocycles. The van der Waals surface area contributed by atoms with Crippen molar-refractivity contribution in [1.82, 2.24) is 0 Å². The molecule has 0 heterocycles. The number of phosphoric ester groups is 1. The first-order chi connectivity index (χ1) is 24.4. The minimum absolute atomic E-state index is 0.000239. The zero-order chi connectivity index (χ0) is 38.1. The summed E-state index contributed by atoms with van der Waals surface area (Å²) in [6.07, 6.45) is 37.4. The summed E-state index contributed by atoms with van der Waals surface area (Å²) in [7, 11) is 0.884. The van der Waals surface area contributed by atoms with Crippen molar-refractivity contribution < 1.29 is 32.9 Å². The first-order valence-corrected chi connectivity index (χ1v) is 23.5. The van der Waals surface area contributed by atoms with Crippen LogP contribution in [0, 0.1) is 5.92 Å². The van der Waals surface area contributed by atoms with Crippen LogP contribution in [0.2, 0.25) is 0 Å². The third-order valence-corrected chi connectivity index (χ3v) is 10.9. The van der Waals surface area contributed by atoms with E-state index in [1.165, 1.54) is 154 Å². The van der Waals surface area contributed by atoms with E-state index in [4.69, 9.17) is 4.52 Å². The van der Waals surface area contributed by atoms with E-state index in [1.54, 1.807) is 0 Å². The highest BCUT2D eigenvalue weighted by molar-refractivity contribution is 7.46. The standard InChI is InChI=1S/C43H86NO6P/c1-6-8-10-12-14-16-18-20-22-24-26-28-30-32-34-36-40(45)38-41(43(39-44(3,4)5)50-51(47,48)49)42(46)37-35-33-31-29-27-25-23-21-19-17-15-13-11-9-7-2/h41,43H,6-39H2,1-5H3,(H-,47,48,49)/p+1. The number of ketones is 2. The summed E-state index contributed by atoms with van der Waals surface area (Å²) >= 11 is 0. The van der Waals surface area contributed by atoms with Gasteiger partial charge in [0.1, 0.15) is 24.2 Å². The molecule has 0 aliphatic carbocycles. The fourth-order valence-corrected chi connectivity index (χ4v) is 7.87. The normalized spacial score (nSPS) is 13.5. The second-order valence-electron chi connectivity index (χ2n) is 16.8. The number of rotatable bonds is 40. The number of phosphoric acid groups is 1. The molecular weight excluding hydrogens is 657 g/mol. The molecule has 8 heteroatoms. The molecule has 51 heavy (non-hydrogen) atoms. The molecule has 0 bridgehead atoms. The van der Waals surface area contributed by atoms with E-state index in [9.17, 15) is 23.9 Å². The van der Waals surface area contributed by atoms with Gasteiger partial charge in [-0.1, -0.05) is 194 Å². The first-order valence-electron chi connectivity index (χ1n) is 22.0. The fourth-order valence-electron chi connectivity index (χ4n) is 7.30. The maximum absolute atomic E-state index is 13.5. The Morgan fingerprint density at radius 1 is 0.510 bits per heavy atom. The summed E-state index contributed by atoms with van der Waals surface area (Å²) in [5.41, 5.74) is 0. The lowest BCUT2D eigenvalue weighted by Crippen LogP contribution is -2.47. The molecular formula is C43H87NO6P+. The summed E-state index contributed by atoms with van der Waals surface area (Å²) in [5.74, 6) is -0.924. The van der Waals surface area contributed by atoms with E-state index in [-0.39, 0.29) is 24.5 Å². The van der Waals surface area contributed by atoms with Crippen LogP contribution in [-0.2, 0) is 18.7 Å². The largest absolute Gasteiger partial charge is 0.470 e. The summed E-state index contributed by atoms with van der Waals surface area (Å²) in [6.45, 7) is 4.77. The summed E-state index contributed by atoms with van der Waals surface area (Å²) < 4.78 is 17.6. The molecule has 0 amide bonds. The topological polar surface area (TPSA) is 101 Å². The first kappa shape index (κ1) is 50.4. The van der Waals surface area contributed by atoms with Crippen LogP contribution in [-0.4, -0.2) is 59.6 Å². The van der Waals surface area contributed by atoms with Crippen LogP contribution in [0.5, 0.6) is 0 Å². The molecule has 7 nitrogen and oxygen atoms in total. The van der Waals surface area contributed by atoms with Gasteiger partial charge in [-0.25, -0.2) is 4.57 Å². The monoisotopic (exact) mass is 745 g/mol. The summed E-state index contributed by atoms with van der Waals surface area (Å²) in [4.78, 5) is 46.1. The number of carbonyl (C=O) groups is 2. The van der Waals surface area contributed by atoms with Gasteiger partial charge >= 0.3 is 7.82 Å². The number of unbranched alkanes of at least 4 members (excludes halogenated alkanes) is 28. The molecule has 0 saturated carbocycles. The number of nitrogens with zero attached hydrogens (tertiary/aromatic N) is 1. The predicted octanol–water partition coefficient (Wildman–Crippen LogP) is 12.8. The van der Waals surface area contributed by atoms with E-state index < -0.39 is 19.8 Å². The smallest absolute Gasteiger partial charge is 0.329 e. The Kier molecular flexibility index (Phi) is 33.5. The Labute approximate surface area is 317 Å². The predicted molar refractivity (Wildman–Crippen MR) is 217 cm³/mol. The number of Topliss-reactive ketones (excluding diaryl/α,β-unsaturated/α-hetero) is 2. The SMILES string of the molecule is CCCCCCCCCCCCCCCCCC(=O)CC(C(=O)CCCCCCCCCCCCCCCCC)C(C[N+](C)(C)C)OP(=O)(O)O. The molecule has 2 atom stereocenters. The van der Waals surface area contributed by atoms with Crippen LogP contribution >= 0.6 is 7.82 Å². The number of hydrogen-bond acceptors (Lipinski definition) is 4. The van der Waals surface area contributed by atoms with Gasteiger partial charge in [0.15, 0.2) is 0 Å². The Hall–Kier alpha value is -0.590. The minimum Gasteiger partial charge on any atom is -0.329 e. The van der Waals surface area contributed by atoms with E-state index in [0.717, 1.165) is 38.5 Å². The molecule has 0 radical (unpaired) electrons. The van der Waals surface area contributed by atoms with Crippen LogP contribution in [0.3, 0.4) is 0 Å². The van der Waals surface area contributed by atoms with E-state index in [0.29, 0.717) is 17.3 Å². The molecule has 2 unspecified atom stereocenters. The van der Waals surface area contributed by atoms with Crippen molar-refractivity contribution in [2.24, 2.45) is 5.92 Å². The van der Waals surface area contributed by atoms with Gasteiger partial charge in [0.2, 0.25) is 0 Å². The molecule has 0 aromatic rings. The molecule has 304 valence electrons. The highest BCUT2D eigenvalue weighted by Gasteiger charge is 2.38. The molecule has 0 saturated heterocycles. The van der Waals surface area contributed by atoms with Gasteiger partial charge in [-0.05, 0) is 12.8 Å². The van der Waals surface area contributed by atoms with Crippen LogP contribution in [0.25, 0.3) is 0 Å². The Morgan fingerprint density at radius 3 is 1.10 bits per heavy atom. The van der Waals surface area contributed by atoms with Crippen LogP contribution in [0.1, 0.15) is 226 Å². The number of quaternary nitrogens is 1. The van der Waals surface area contributed by atoms with Crippen LogP contribution in [0.4, 0.5) is 0 Å². The highest BCUT2D eigenvalue weighted by atomic mass is 31.2. The van der Waals surface area contributed by atoms with Gasteiger partial charge in [0.25, 0.3) is 0 Å². The molecule has 0 aromatic carbocycles. The van der Waals surface area contributed by atoms with Crippen molar-refractivity contribution in [3.8, 4) is 0 Å². The van der Waals surface area contributed by atoms with Gasteiger partial charge in [-0.3, -0.25) is 14.1 Å². The van der Waals surface area contributed by atoms with Crippen molar-refractivity contribution in [3.63, 3.8) is 0 Å². The lowest BCUT2D eigenvalue weighted by atomic mass is 9.87. The molecule has 0 fully saturated rings. The van der Waals surface area contributed by atoms with Gasteiger partial charge in [0.05, 0.1) is 27.1 Å². The third-order valence-electron chi connectivity index (χ3n) is 10.4. The lowest BCUT2D eigenvalue weighted by Gasteiger charge is -2.33.